The number of carbonyl (C=O) groups excluding carboxylic acids is 1. The van der Waals surface area contributed by atoms with Gasteiger partial charge in [-0.3, -0.25) is 0 Å². The van der Waals surface area contributed by atoms with Crippen molar-refractivity contribution in [1.29, 1.82) is 0 Å². The Labute approximate surface area is 99.3 Å². The maximum absolute atomic E-state index is 11.5. The third-order valence-electron chi connectivity index (χ3n) is 2.64. The molecule has 2 rings (SSSR count). The van der Waals surface area contributed by atoms with Crippen LogP contribution in [0.3, 0.4) is 0 Å². The number of rotatable bonds is 5. The summed E-state index contributed by atoms with van der Waals surface area (Å²) in [5.74, 6) is 2.59. The largest absolute Gasteiger partial charge is 0.449 e. The van der Waals surface area contributed by atoms with Gasteiger partial charge in [0.15, 0.2) is 0 Å². The van der Waals surface area contributed by atoms with E-state index in [-0.39, 0.29) is 5.66 Å². The number of hydrogen-bond acceptors (Lipinski definition) is 5. The fraction of sp³-hybridized carbons (Fsp3) is 0.455. The molecule has 1 saturated heterocycles. The second-order valence-electron chi connectivity index (χ2n) is 3.87. The topological polar surface area (TPSA) is 88.0 Å². The van der Waals surface area contributed by atoms with Crippen molar-refractivity contribution in [3.63, 3.8) is 0 Å². The van der Waals surface area contributed by atoms with Gasteiger partial charge in [0.2, 0.25) is 0 Å². The molecule has 0 aromatic carbocycles. The van der Waals surface area contributed by atoms with Crippen LogP contribution in [0.4, 0.5) is 4.79 Å². The van der Waals surface area contributed by atoms with Crippen molar-refractivity contribution in [2.75, 3.05) is 6.61 Å². The number of aromatic nitrogens is 2. The molecule has 0 spiro atoms. The molecule has 0 saturated carbocycles. The highest BCUT2D eigenvalue weighted by molar-refractivity contribution is 5.69. The number of terminal acetylenes is 1. The molecule has 1 fully saturated rings. The van der Waals surface area contributed by atoms with E-state index in [9.17, 15) is 4.79 Å². The fourth-order valence-electron chi connectivity index (χ4n) is 1.50. The third-order valence-corrected chi connectivity index (χ3v) is 2.64. The van der Waals surface area contributed by atoms with Crippen LogP contribution in [0.1, 0.15) is 19.3 Å². The fourth-order valence-corrected chi connectivity index (χ4v) is 1.50. The molecule has 0 aliphatic carbocycles. The standard InChI is InChI=1S/C11H14N4O2/c1-2-3-4-11(13-14-11)5-8-17-10(16)15-7-6-12-9-15/h1,6-7,9,13-14H,3-5,8H2. The van der Waals surface area contributed by atoms with Crippen molar-refractivity contribution in [2.24, 2.45) is 0 Å². The first kappa shape index (κ1) is 11.6. The Bertz CT molecular complexity index is 417. The molecular formula is C11H14N4O2. The molecule has 6 heteroatoms. The quantitative estimate of drug-likeness (QED) is 0.571. The Morgan fingerprint density at radius 3 is 2.94 bits per heavy atom. The molecule has 0 unspecified atom stereocenters. The van der Waals surface area contributed by atoms with Crippen LogP contribution in [0.5, 0.6) is 0 Å². The van der Waals surface area contributed by atoms with Gasteiger partial charge in [0.25, 0.3) is 0 Å². The molecule has 1 aromatic rings. The number of hydrogen-bond donors (Lipinski definition) is 2. The van der Waals surface area contributed by atoms with Gasteiger partial charge in [0.05, 0.1) is 12.3 Å². The average molecular weight is 234 g/mol. The average Bonchev–Trinajstić information content (AvgIpc) is 2.89. The van der Waals surface area contributed by atoms with Crippen LogP contribution in [0, 0.1) is 12.3 Å². The van der Waals surface area contributed by atoms with Crippen LogP contribution in [0.15, 0.2) is 18.7 Å². The zero-order valence-corrected chi connectivity index (χ0v) is 9.35. The van der Waals surface area contributed by atoms with Gasteiger partial charge >= 0.3 is 6.09 Å². The Hall–Kier alpha value is -1.84. The summed E-state index contributed by atoms with van der Waals surface area (Å²) in [7, 11) is 0. The highest BCUT2D eigenvalue weighted by Crippen LogP contribution is 2.21. The molecule has 0 radical (unpaired) electrons. The van der Waals surface area contributed by atoms with Crippen LogP contribution in [-0.4, -0.2) is 27.9 Å². The van der Waals surface area contributed by atoms with Crippen LogP contribution in [0.2, 0.25) is 0 Å². The van der Waals surface area contributed by atoms with Crippen LogP contribution in [0.25, 0.3) is 0 Å². The van der Waals surface area contributed by atoms with Crippen molar-refractivity contribution in [1.82, 2.24) is 20.4 Å². The molecule has 2 N–H and O–H groups in total. The number of nitrogens with one attached hydrogen (secondary N) is 2. The summed E-state index contributed by atoms with van der Waals surface area (Å²) in [5, 5.41) is 0. The van der Waals surface area contributed by atoms with Gasteiger partial charge in [-0.15, -0.1) is 12.3 Å². The van der Waals surface area contributed by atoms with Crippen molar-refractivity contribution < 1.29 is 9.53 Å². The lowest BCUT2D eigenvalue weighted by Gasteiger charge is -2.10. The Balaban J connectivity index is 1.70. The Kier molecular flexibility index (Phi) is 3.42. The normalized spacial score (nSPS) is 16.2. The van der Waals surface area contributed by atoms with Crippen molar-refractivity contribution in [2.45, 2.75) is 24.9 Å². The zero-order chi connectivity index (χ0) is 12.1. The minimum Gasteiger partial charge on any atom is -0.449 e. The first-order chi connectivity index (χ1) is 8.26. The molecule has 6 nitrogen and oxygen atoms in total. The van der Waals surface area contributed by atoms with E-state index in [4.69, 9.17) is 11.2 Å². The van der Waals surface area contributed by atoms with Gasteiger partial charge < -0.3 is 4.74 Å². The number of carbonyl (C=O) groups is 1. The summed E-state index contributed by atoms with van der Waals surface area (Å²) < 4.78 is 6.39. The molecule has 1 aliphatic heterocycles. The predicted octanol–water partition coefficient (Wildman–Crippen LogP) is 0.475. The van der Waals surface area contributed by atoms with E-state index in [1.165, 1.54) is 17.1 Å². The van der Waals surface area contributed by atoms with Gasteiger partial charge in [-0.1, -0.05) is 0 Å². The third kappa shape index (κ3) is 3.06. The van der Waals surface area contributed by atoms with E-state index in [0.29, 0.717) is 19.4 Å². The van der Waals surface area contributed by atoms with Crippen LogP contribution in [-0.2, 0) is 4.74 Å². The lowest BCUT2D eigenvalue weighted by atomic mass is 10.1. The molecule has 2 heterocycles. The highest BCUT2D eigenvalue weighted by atomic mass is 16.5. The van der Waals surface area contributed by atoms with Crippen LogP contribution < -0.4 is 10.9 Å². The molecule has 0 amide bonds. The predicted molar refractivity (Wildman–Crippen MR) is 60.7 cm³/mol. The number of ether oxygens (including phenoxy) is 1. The number of hydrazine groups is 1. The van der Waals surface area contributed by atoms with Gasteiger partial charge in [0.1, 0.15) is 6.33 Å². The van der Waals surface area contributed by atoms with E-state index < -0.39 is 6.09 Å². The molecule has 1 aromatic heterocycles. The second kappa shape index (κ2) is 4.99. The smallest absolute Gasteiger partial charge is 0.419 e. The summed E-state index contributed by atoms with van der Waals surface area (Å²) in [6, 6.07) is 0. The summed E-state index contributed by atoms with van der Waals surface area (Å²) in [5.41, 5.74) is 5.92. The summed E-state index contributed by atoms with van der Waals surface area (Å²) in [4.78, 5) is 15.2. The van der Waals surface area contributed by atoms with Gasteiger partial charge in [-0.2, -0.15) is 0 Å². The zero-order valence-electron chi connectivity index (χ0n) is 9.35. The maximum atomic E-state index is 11.5. The molecule has 90 valence electrons. The highest BCUT2D eigenvalue weighted by Gasteiger charge is 2.40. The molecule has 0 atom stereocenters. The number of nitrogens with zero attached hydrogens (tertiary/aromatic N) is 2. The van der Waals surface area contributed by atoms with Crippen molar-refractivity contribution in [3.05, 3.63) is 18.7 Å². The minimum atomic E-state index is -0.421. The first-order valence-corrected chi connectivity index (χ1v) is 5.39. The summed E-state index contributed by atoms with van der Waals surface area (Å²) in [6.07, 6.45) is 11.5. The second-order valence-corrected chi connectivity index (χ2v) is 3.87. The lowest BCUT2D eigenvalue weighted by Crippen LogP contribution is -2.22. The number of imidazole rings is 1. The summed E-state index contributed by atoms with van der Waals surface area (Å²) >= 11 is 0. The lowest BCUT2D eigenvalue weighted by molar-refractivity contribution is 0.141. The molecule has 0 bridgehead atoms. The van der Waals surface area contributed by atoms with Crippen molar-refractivity contribution >= 4 is 6.09 Å². The summed E-state index contributed by atoms with van der Waals surface area (Å²) in [6.45, 7) is 0.335. The molecule has 17 heavy (non-hydrogen) atoms. The van der Waals surface area contributed by atoms with Gasteiger partial charge in [-0.05, 0) is 6.42 Å². The van der Waals surface area contributed by atoms with Gasteiger partial charge in [-0.25, -0.2) is 25.2 Å². The van der Waals surface area contributed by atoms with E-state index in [1.807, 2.05) is 0 Å². The molecule has 1 aliphatic rings. The monoisotopic (exact) mass is 234 g/mol. The SMILES string of the molecule is C#CCCC1(CCOC(=O)n2ccnc2)NN1. The first-order valence-electron chi connectivity index (χ1n) is 5.39. The van der Waals surface area contributed by atoms with Crippen LogP contribution >= 0.6 is 0 Å². The Morgan fingerprint density at radius 1 is 1.53 bits per heavy atom. The van der Waals surface area contributed by atoms with E-state index in [2.05, 4.69) is 21.8 Å². The van der Waals surface area contributed by atoms with Gasteiger partial charge in [0, 0.05) is 25.2 Å². The molecular weight excluding hydrogens is 220 g/mol. The van der Waals surface area contributed by atoms with Crippen molar-refractivity contribution in [3.8, 4) is 12.3 Å². The minimum absolute atomic E-state index is 0.151. The van der Waals surface area contributed by atoms with E-state index in [1.54, 1.807) is 6.20 Å². The van der Waals surface area contributed by atoms with E-state index in [0.717, 1.165) is 6.42 Å². The maximum Gasteiger partial charge on any atom is 0.419 e. The van der Waals surface area contributed by atoms with E-state index >= 15 is 0 Å². The Morgan fingerprint density at radius 2 is 2.35 bits per heavy atom.